The van der Waals surface area contributed by atoms with Gasteiger partial charge in [-0.2, -0.15) is 0 Å². The van der Waals surface area contributed by atoms with Crippen molar-refractivity contribution in [1.29, 1.82) is 0 Å². The lowest BCUT2D eigenvalue weighted by Gasteiger charge is -2.50. The summed E-state index contributed by atoms with van der Waals surface area (Å²) in [5.41, 5.74) is 3.76. The van der Waals surface area contributed by atoms with Crippen molar-refractivity contribution < 1.29 is 34.8 Å². The van der Waals surface area contributed by atoms with Crippen LogP contribution in [0.1, 0.15) is 17.5 Å². The first-order valence-electron chi connectivity index (χ1n) is 11.4. The highest BCUT2D eigenvalue weighted by molar-refractivity contribution is 6.24. The number of hydrogen-bond acceptors (Lipinski definition) is 9. The Balaban J connectivity index is 1.75. The van der Waals surface area contributed by atoms with Gasteiger partial charge in [0.25, 0.3) is 5.91 Å². The van der Waals surface area contributed by atoms with E-state index >= 15 is 0 Å². The highest BCUT2D eigenvalue weighted by Gasteiger charge is 2.64. The number of nitrogens with zero attached hydrogens (tertiary/aromatic N) is 2. The number of Topliss-reactive ketones (excluding diaryl/α,β-unsaturated/α-hetero) is 2. The minimum atomic E-state index is -2.65. The van der Waals surface area contributed by atoms with Crippen LogP contribution in [0.25, 0.3) is 16.9 Å². The van der Waals surface area contributed by atoms with Gasteiger partial charge in [-0.25, -0.2) is 0 Å². The standard InChI is InChI=1S/C26H25N3O7/c1-29(2)20-15-9-12-8-14-13(11-4-3-7-28-10-11)5-6-16(30)18(14)21(31)17(12)23(33)26(15,36)24(34)19(22(20)32)25(27)35/h3-7,10,12,15,20,30-31,34,36H,8-9H2,1-2H3,(H2,27,35)/t12-,15-,20-,26-/m1/s1. The monoisotopic (exact) mass is 491 g/mol. The van der Waals surface area contributed by atoms with Crippen molar-refractivity contribution in [1.82, 2.24) is 9.88 Å². The van der Waals surface area contributed by atoms with Crippen LogP contribution in [0.5, 0.6) is 5.75 Å². The summed E-state index contributed by atoms with van der Waals surface area (Å²) in [6.07, 6.45) is 3.51. The first-order chi connectivity index (χ1) is 17.0. The summed E-state index contributed by atoms with van der Waals surface area (Å²) < 4.78 is 0. The van der Waals surface area contributed by atoms with Crippen LogP contribution in [0, 0.1) is 11.8 Å². The number of pyridine rings is 1. The number of aromatic hydroxyl groups is 1. The number of likely N-dealkylation sites (N-methyl/N-ethyl adjacent to an activating group) is 1. The van der Waals surface area contributed by atoms with Gasteiger partial charge in [-0.05, 0) is 56.1 Å². The quantitative estimate of drug-likeness (QED) is 0.393. The van der Waals surface area contributed by atoms with Crippen molar-refractivity contribution in [2.75, 3.05) is 14.1 Å². The molecule has 186 valence electrons. The van der Waals surface area contributed by atoms with Crippen molar-refractivity contribution in [3.63, 3.8) is 0 Å². The van der Waals surface area contributed by atoms with Gasteiger partial charge < -0.3 is 26.2 Å². The van der Waals surface area contributed by atoms with Gasteiger partial charge >= 0.3 is 0 Å². The molecule has 1 heterocycles. The average Bonchev–Trinajstić information content (AvgIpc) is 2.81. The molecule has 1 aromatic carbocycles. The largest absolute Gasteiger partial charge is 0.508 e. The molecular formula is C26H25N3O7. The number of aliphatic hydroxyl groups is 3. The summed E-state index contributed by atoms with van der Waals surface area (Å²) in [5, 5.41) is 44.4. The van der Waals surface area contributed by atoms with Gasteiger partial charge in [0, 0.05) is 29.4 Å². The van der Waals surface area contributed by atoms with Gasteiger partial charge in [-0.1, -0.05) is 12.1 Å². The number of carbonyl (C=O) groups excluding carboxylic acids is 3. The van der Waals surface area contributed by atoms with E-state index in [1.54, 1.807) is 38.6 Å². The molecule has 5 rings (SSSR count). The second kappa shape index (κ2) is 8.00. The zero-order valence-corrected chi connectivity index (χ0v) is 19.6. The normalized spacial score (nSPS) is 27.6. The number of phenolic OH excluding ortho intramolecular Hbond substituents is 1. The predicted octanol–water partition coefficient (Wildman–Crippen LogP) is 1.03. The molecule has 1 aromatic heterocycles. The number of phenols is 1. The SMILES string of the molecule is CN(C)[C@H]1C(=O)C(C(N)=O)=C(O)[C@]2(O)C(=O)C3=C(O)c4c(O)ccc(-c5cccnc5)c4C[C@@H]3C[C@H]12. The molecule has 0 bridgehead atoms. The van der Waals surface area contributed by atoms with Gasteiger partial charge in [0.1, 0.15) is 22.8 Å². The number of nitrogens with two attached hydrogens (primary N) is 1. The molecule has 10 nitrogen and oxygen atoms in total. The fourth-order valence-electron chi connectivity index (χ4n) is 6.04. The fraction of sp³-hybridized carbons (Fsp3) is 0.308. The van der Waals surface area contributed by atoms with E-state index < -0.39 is 58.0 Å². The van der Waals surface area contributed by atoms with Crippen LogP contribution in [0.2, 0.25) is 0 Å². The number of aliphatic hydroxyl groups excluding tert-OH is 2. The molecule has 10 heteroatoms. The van der Waals surface area contributed by atoms with Crippen molar-refractivity contribution in [2.45, 2.75) is 24.5 Å². The Hall–Kier alpha value is -4.02. The van der Waals surface area contributed by atoms with E-state index in [0.717, 1.165) is 5.56 Å². The van der Waals surface area contributed by atoms with Crippen LogP contribution in [0.3, 0.4) is 0 Å². The molecule has 3 aliphatic carbocycles. The summed E-state index contributed by atoms with van der Waals surface area (Å²) in [6, 6.07) is 5.56. The van der Waals surface area contributed by atoms with Crippen LogP contribution in [-0.4, -0.2) is 73.5 Å². The summed E-state index contributed by atoms with van der Waals surface area (Å²) in [5.74, 6) is -6.71. The minimum absolute atomic E-state index is 0.0356. The minimum Gasteiger partial charge on any atom is -0.508 e. The highest BCUT2D eigenvalue weighted by atomic mass is 16.3. The Kier molecular flexibility index (Phi) is 5.27. The lowest BCUT2D eigenvalue weighted by Crippen LogP contribution is -2.65. The number of fused-ring (bicyclic) bond motifs is 3. The van der Waals surface area contributed by atoms with Crippen molar-refractivity contribution in [3.8, 4) is 16.9 Å². The molecule has 1 fully saturated rings. The average molecular weight is 492 g/mol. The third kappa shape index (κ3) is 3.04. The maximum absolute atomic E-state index is 13.8. The number of aromatic nitrogens is 1. The molecule has 0 spiro atoms. The maximum atomic E-state index is 13.8. The molecule has 1 saturated carbocycles. The number of amides is 1. The molecule has 0 aliphatic heterocycles. The van der Waals surface area contributed by atoms with Crippen LogP contribution in [-0.2, 0) is 20.8 Å². The molecule has 4 atom stereocenters. The number of carbonyl (C=O) groups is 3. The Morgan fingerprint density at radius 1 is 1.17 bits per heavy atom. The number of ketones is 2. The van der Waals surface area contributed by atoms with E-state index in [9.17, 15) is 34.8 Å². The van der Waals surface area contributed by atoms with Crippen LogP contribution < -0.4 is 5.73 Å². The number of benzene rings is 1. The second-order valence-electron chi connectivity index (χ2n) is 9.69. The van der Waals surface area contributed by atoms with Crippen molar-refractivity contribution in [3.05, 3.63) is 64.7 Å². The zero-order chi connectivity index (χ0) is 26.1. The Labute approximate surface area is 206 Å². The summed E-state index contributed by atoms with van der Waals surface area (Å²) in [7, 11) is 3.12. The molecule has 2 aromatic rings. The van der Waals surface area contributed by atoms with Crippen LogP contribution >= 0.6 is 0 Å². The lowest BCUT2D eigenvalue weighted by molar-refractivity contribution is -0.153. The Morgan fingerprint density at radius 3 is 2.50 bits per heavy atom. The topological polar surface area (TPSA) is 174 Å². The van der Waals surface area contributed by atoms with Gasteiger partial charge in [0.15, 0.2) is 11.4 Å². The highest BCUT2D eigenvalue weighted by Crippen LogP contribution is 2.53. The van der Waals surface area contributed by atoms with Crippen LogP contribution in [0.15, 0.2) is 53.6 Å². The maximum Gasteiger partial charge on any atom is 0.255 e. The molecular weight excluding hydrogens is 466 g/mol. The van der Waals surface area contributed by atoms with Gasteiger partial charge in [0.2, 0.25) is 5.78 Å². The van der Waals surface area contributed by atoms with E-state index in [2.05, 4.69) is 4.98 Å². The fourth-order valence-corrected chi connectivity index (χ4v) is 6.04. The second-order valence-corrected chi connectivity index (χ2v) is 9.69. The molecule has 36 heavy (non-hydrogen) atoms. The first kappa shape index (κ1) is 23.7. The van der Waals surface area contributed by atoms with Gasteiger partial charge in [0.05, 0.1) is 11.6 Å². The third-order valence-electron chi connectivity index (χ3n) is 7.58. The number of hydrogen-bond donors (Lipinski definition) is 5. The molecule has 3 aliphatic rings. The molecule has 0 radical (unpaired) electrons. The molecule has 0 unspecified atom stereocenters. The van der Waals surface area contributed by atoms with E-state index in [1.165, 1.54) is 11.0 Å². The zero-order valence-electron chi connectivity index (χ0n) is 19.6. The van der Waals surface area contributed by atoms with E-state index in [-0.39, 0.29) is 29.7 Å². The van der Waals surface area contributed by atoms with Gasteiger partial charge in [-0.15, -0.1) is 0 Å². The van der Waals surface area contributed by atoms with Crippen molar-refractivity contribution >= 4 is 23.2 Å². The number of primary amides is 1. The van der Waals surface area contributed by atoms with E-state index in [0.29, 0.717) is 11.1 Å². The number of rotatable bonds is 3. The molecule has 6 N–H and O–H groups in total. The van der Waals surface area contributed by atoms with Crippen LogP contribution in [0.4, 0.5) is 0 Å². The summed E-state index contributed by atoms with van der Waals surface area (Å²) in [6.45, 7) is 0. The van der Waals surface area contributed by atoms with Crippen molar-refractivity contribution in [2.24, 2.45) is 17.6 Å². The van der Waals surface area contributed by atoms with E-state index in [4.69, 9.17) is 5.73 Å². The molecule has 1 amide bonds. The van der Waals surface area contributed by atoms with Gasteiger partial charge in [-0.3, -0.25) is 24.3 Å². The Bertz CT molecular complexity index is 1400. The molecule has 0 saturated heterocycles. The summed E-state index contributed by atoms with van der Waals surface area (Å²) >= 11 is 0. The summed E-state index contributed by atoms with van der Waals surface area (Å²) in [4.78, 5) is 44.6. The van der Waals surface area contributed by atoms with E-state index in [1.807, 2.05) is 6.07 Å². The third-order valence-corrected chi connectivity index (χ3v) is 7.58. The lowest BCUT2D eigenvalue weighted by atomic mass is 9.57. The Morgan fingerprint density at radius 2 is 1.89 bits per heavy atom. The predicted molar refractivity (Wildman–Crippen MR) is 127 cm³/mol. The smallest absolute Gasteiger partial charge is 0.255 e. The first-order valence-corrected chi connectivity index (χ1v) is 11.4.